The smallest absolute Gasteiger partial charge is 0.166 e. The van der Waals surface area contributed by atoms with E-state index in [1.807, 2.05) is 24.3 Å². The number of carbonyl (C=O) groups excluding carboxylic acids is 3. The fourth-order valence-corrected chi connectivity index (χ4v) is 20.3. The summed E-state index contributed by atoms with van der Waals surface area (Å²) in [4.78, 5) is 42.4. The minimum atomic E-state index is -0.714. The molecule has 6 N–H and O–H groups in total. The fourth-order valence-electron chi connectivity index (χ4n) is 20.3. The van der Waals surface area contributed by atoms with Gasteiger partial charge in [-0.1, -0.05) is 68.7 Å². The van der Waals surface area contributed by atoms with Crippen LogP contribution in [-0.2, 0) is 49.9 Å². The average Bonchev–Trinajstić information content (AvgIpc) is 3.16. The van der Waals surface area contributed by atoms with E-state index in [0.717, 1.165) is 87.7 Å². The van der Waals surface area contributed by atoms with E-state index in [4.69, 9.17) is 14.2 Å². The maximum atomic E-state index is 12.7. The van der Waals surface area contributed by atoms with Gasteiger partial charge in [0.2, 0.25) is 0 Å². The molecule has 82 heavy (non-hydrogen) atoms. The molecule has 5 spiro atoms. The Labute approximate surface area is 480 Å². The summed E-state index contributed by atoms with van der Waals surface area (Å²) >= 11 is 0. The summed E-state index contributed by atoms with van der Waals surface area (Å²) < 4.78 is 19.2. The molecule has 3 aromatic carbocycles. The standard InChI is InChI=1S/2C22H25NO4.C18H19NO3.C4H6O.CH4/c2*1-12(25)14-10-21-6-5-20(14,11-24)19-22(21)7-8-23(2)16(21)9-13-3-4-15(26)18(27-19)17(13)22;1-19-7-6-18-12-4-2-11(9-20)17(18)22-16-14(21)5-3-10(15(16)18)8-13(12)19;1-3-4(2)5;/h2*3-6,14,16,19,24,26H,7-11H2,1-2H3;2-5,13,17,20-21H,6-9H2,1H3;3H,1H2,2H3;1H4/t14-,16+,19-,20+,21+,22-;14-,16-,19+,20-,21-,22+;13-,17+,18+;;/m011../s1. The Morgan fingerprint density at radius 1 is 0.610 bits per heavy atom. The Bertz CT molecular complexity index is 3290. The van der Waals surface area contributed by atoms with Crippen molar-refractivity contribution >= 4 is 17.3 Å². The Hall–Kier alpha value is -6.07. The maximum Gasteiger partial charge on any atom is 0.166 e. The molecule has 3 aromatic rings. The number of Topliss-reactive ketones (excluding diaryl/α,β-unsaturated/α-hetero) is 2. The highest BCUT2D eigenvalue weighted by Gasteiger charge is 2.81. The first-order valence-electron chi connectivity index (χ1n) is 29.2. The summed E-state index contributed by atoms with van der Waals surface area (Å²) in [6, 6.07) is 12.3. The number of allylic oxidation sites excluding steroid dienone is 3. The molecule has 6 heterocycles. The number of fused-ring (bicyclic) bond motifs is 2. The summed E-state index contributed by atoms with van der Waals surface area (Å²) in [5.41, 5.74) is 7.03. The molecule has 10 bridgehead atoms. The zero-order valence-electron chi connectivity index (χ0n) is 47.2. The number of carbonyl (C=O) groups is 3. The first kappa shape index (κ1) is 55.1. The second kappa shape index (κ2) is 18.2. The van der Waals surface area contributed by atoms with Crippen LogP contribution in [-0.4, -0.2) is 160 Å². The number of nitrogens with zero attached hydrogens (tertiary/aromatic N) is 3. The third-order valence-corrected chi connectivity index (χ3v) is 23.7. The lowest BCUT2D eigenvalue weighted by molar-refractivity contribution is -0.184. The third-order valence-electron chi connectivity index (χ3n) is 23.7. The van der Waals surface area contributed by atoms with Gasteiger partial charge in [0.25, 0.3) is 0 Å². The van der Waals surface area contributed by atoms with E-state index >= 15 is 0 Å². The van der Waals surface area contributed by atoms with Crippen molar-refractivity contribution in [3.05, 3.63) is 130 Å². The predicted molar refractivity (Wildman–Crippen MR) is 307 cm³/mol. The Balaban J connectivity index is 0.000000111. The minimum absolute atomic E-state index is 0. The van der Waals surface area contributed by atoms with Gasteiger partial charge in [0.15, 0.2) is 40.3 Å². The molecular weight excluding hydrogens is 1040 g/mol. The molecular formula is C67H79N3O12. The quantitative estimate of drug-likeness (QED) is 0.115. The number of ketones is 3. The van der Waals surface area contributed by atoms with E-state index in [1.54, 1.807) is 32.0 Å². The van der Waals surface area contributed by atoms with Gasteiger partial charge in [-0.15, -0.1) is 0 Å². The number of piperidine rings is 3. The summed E-state index contributed by atoms with van der Waals surface area (Å²) in [5.74, 6) is 2.16. The lowest BCUT2D eigenvalue weighted by atomic mass is 9.35. The number of hydrogen-bond donors (Lipinski definition) is 6. The van der Waals surface area contributed by atoms with E-state index in [-0.39, 0.29) is 119 Å². The molecule has 0 aromatic heterocycles. The first-order chi connectivity index (χ1) is 38.8. The molecule has 0 unspecified atom stereocenters. The summed E-state index contributed by atoms with van der Waals surface area (Å²) in [5, 5.41) is 62.3. The zero-order chi connectivity index (χ0) is 56.9. The Morgan fingerprint density at radius 2 is 1.05 bits per heavy atom. The van der Waals surface area contributed by atoms with Gasteiger partial charge in [-0.05, 0) is 165 Å². The van der Waals surface area contributed by atoms with E-state index in [0.29, 0.717) is 35.4 Å². The molecule has 16 aliphatic rings. The van der Waals surface area contributed by atoms with Gasteiger partial charge in [-0.25, -0.2) is 0 Å². The van der Waals surface area contributed by atoms with Gasteiger partial charge >= 0.3 is 0 Å². The molecule has 5 fully saturated rings. The summed E-state index contributed by atoms with van der Waals surface area (Å²) in [6.07, 6.45) is 20.6. The molecule has 3 saturated heterocycles. The van der Waals surface area contributed by atoms with Crippen LogP contribution in [0.5, 0.6) is 34.5 Å². The van der Waals surface area contributed by atoms with Gasteiger partial charge in [-0.3, -0.25) is 19.3 Å². The molecule has 434 valence electrons. The predicted octanol–water partition coefficient (Wildman–Crippen LogP) is 6.50. The monoisotopic (exact) mass is 1120 g/mol. The van der Waals surface area contributed by atoms with Gasteiger partial charge in [0.1, 0.15) is 29.9 Å². The number of phenols is 3. The molecule has 19 rings (SSSR count). The molecule has 0 radical (unpaired) electrons. The number of likely N-dealkylation sites (tertiary alicyclic amines) is 3. The molecule has 15 nitrogen and oxygen atoms in total. The second-order valence-corrected chi connectivity index (χ2v) is 26.5. The van der Waals surface area contributed by atoms with Crippen molar-refractivity contribution in [2.24, 2.45) is 33.5 Å². The second-order valence-electron chi connectivity index (χ2n) is 26.5. The molecule has 6 aliphatic heterocycles. The number of rotatable bonds is 6. The van der Waals surface area contributed by atoms with E-state index in [9.17, 15) is 45.0 Å². The molecule has 15 heteroatoms. The van der Waals surface area contributed by atoms with Crippen LogP contribution in [0.4, 0.5) is 0 Å². The number of aromatic hydroxyl groups is 3. The van der Waals surface area contributed by atoms with Crippen molar-refractivity contribution in [2.75, 3.05) is 60.6 Å². The largest absolute Gasteiger partial charge is 0.504 e. The van der Waals surface area contributed by atoms with Crippen molar-refractivity contribution in [1.82, 2.24) is 14.7 Å². The van der Waals surface area contributed by atoms with Crippen LogP contribution >= 0.6 is 0 Å². The highest BCUT2D eigenvalue weighted by atomic mass is 16.5. The van der Waals surface area contributed by atoms with Gasteiger partial charge < -0.3 is 54.6 Å². The molecule has 15 atom stereocenters. The lowest BCUT2D eigenvalue weighted by Crippen LogP contribution is -2.77. The fraction of sp³-hybridized carbons (Fsp3) is 0.537. The van der Waals surface area contributed by atoms with Gasteiger partial charge in [-0.2, -0.15) is 0 Å². The van der Waals surface area contributed by atoms with Gasteiger partial charge in [0.05, 0.1) is 36.1 Å². The summed E-state index contributed by atoms with van der Waals surface area (Å²) in [6.45, 7) is 10.7. The lowest BCUT2D eigenvalue weighted by Gasteiger charge is -2.71. The number of benzene rings is 3. The van der Waals surface area contributed by atoms with E-state index in [1.165, 1.54) is 40.8 Å². The number of aliphatic hydroxyl groups excluding tert-OH is 3. The average molecular weight is 1120 g/mol. The molecule has 0 amide bonds. The molecule has 10 aliphatic carbocycles. The topological polar surface area (TPSA) is 210 Å². The molecule has 2 saturated carbocycles. The van der Waals surface area contributed by atoms with Crippen molar-refractivity contribution in [2.45, 2.75) is 132 Å². The number of ether oxygens (including phenoxy) is 3. The summed E-state index contributed by atoms with van der Waals surface area (Å²) in [7, 11) is 6.55. The van der Waals surface area contributed by atoms with Crippen LogP contribution in [0.25, 0.3) is 0 Å². The number of likely N-dealkylation sites (N-methyl/N-ethyl adjacent to an activating group) is 3. The highest BCUT2D eigenvalue weighted by molar-refractivity contribution is 5.86. The normalized spacial score (nSPS) is 39.7. The number of hydrogen-bond acceptors (Lipinski definition) is 15. The minimum Gasteiger partial charge on any atom is -0.504 e. The Kier molecular flexibility index (Phi) is 12.3. The van der Waals surface area contributed by atoms with Crippen molar-refractivity contribution in [3.8, 4) is 34.5 Å². The van der Waals surface area contributed by atoms with E-state index in [2.05, 4.69) is 72.8 Å². The van der Waals surface area contributed by atoms with Gasteiger partial charge in [0, 0.05) is 68.3 Å². The Morgan fingerprint density at radius 3 is 1.48 bits per heavy atom. The van der Waals surface area contributed by atoms with Crippen LogP contribution in [0.2, 0.25) is 0 Å². The number of aliphatic hydroxyl groups is 3. The van der Waals surface area contributed by atoms with Crippen molar-refractivity contribution in [1.29, 1.82) is 0 Å². The maximum absolute atomic E-state index is 12.7. The van der Waals surface area contributed by atoms with Crippen LogP contribution in [0, 0.1) is 33.5 Å². The number of phenolic OH excluding ortho intramolecular Hbond substituents is 3. The van der Waals surface area contributed by atoms with Crippen LogP contribution < -0.4 is 14.2 Å². The first-order valence-corrected chi connectivity index (χ1v) is 29.2. The van der Waals surface area contributed by atoms with Crippen LogP contribution in [0.3, 0.4) is 0 Å². The third kappa shape index (κ3) is 6.30. The van der Waals surface area contributed by atoms with Crippen LogP contribution in [0.1, 0.15) is 93.7 Å². The van der Waals surface area contributed by atoms with Crippen LogP contribution in [0.15, 0.2) is 96.7 Å². The van der Waals surface area contributed by atoms with Crippen molar-refractivity contribution in [3.63, 3.8) is 0 Å². The van der Waals surface area contributed by atoms with Crippen molar-refractivity contribution < 1.29 is 59.2 Å². The zero-order valence-corrected chi connectivity index (χ0v) is 47.2. The SMILES string of the molecule is C.C=CC(C)=O.CC(=O)[C@@H]1C[C@@]23C=C[C@]1(CO)[C@@H]1Oc4c(O)ccc5c4[C@@]12CCN(C)[C@@H]3C5.CC(=O)[C@H]1C[C@@]23C=C[C@]1(CO)[C@@H]1Oc4c(O)ccc5c4[C@@]12CCN(C)[C@@H]3C5.CN1CC[C@@]23C4=CC=C(CO)[C@@H]2Oc2c(O)ccc(c23)C[C@H]41. The van der Waals surface area contributed by atoms with E-state index < -0.39 is 10.8 Å². The highest BCUT2D eigenvalue weighted by Crippen LogP contribution is 2.78.